The zero-order valence-electron chi connectivity index (χ0n) is 16.9. The standard InChI is InChI=1S/C24H15F4N3O2/c1-2-4-15(25)11-16(26)12-17-5-3-6-20-23(21(32)7-8-31(17)20)22-18(27)9-14(10-19(22)28)24-30-29-13-33-24/h2-11,13H,1,12H2/b15-4+,16-11+. The van der Waals surface area contributed by atoms with Gasteiger partial charge in [0.2, 0.25) is 12.3 Å². The summed E-state index contributed by atoms with van der Waals surface area (Å²) in [7, 11) is 0. The van der Waals surface area contributed by atoms with Crippen molar-refractivity contribution in [1.29, 1.82) is 0 Å². The van der Waals surface area contributed by atoms with Crippen molar-refractivity contribution >= 4 is 5.52 Å². The second-order valence-corrected chi connectivity index (χ2v) is 6.94. The molecule has 9 heteroatoms. The van der Waals surface area contributed by atoms with E-state index in [2.05, 4.69) is 16.8 Å². The molecule has 0 fully saturated rings. The molecule has 0 saturated heterocycles. The van der Waals surface area contributed by atoms with Crippen LogP contribution in [0.4, 0.5) is 17.6 Å². The van der Waals surface area contributed by atoms with E-state index in [9.17, 15) is 13.6 Å². The minimum absolute atomic E-state index is 0.00842. The average Bonchev–Trinajstić information content (AvgIpc) is 3.30. The first-order chi connectivity index (χ1) is 15.9. The van der Waals surface area contributed by atoms with E-state index in [4.69, 9.17) is 4.42 Å². The molecule has 0 saturated carbocycles. The third-order valence-electron chi connectivity index (χ3n) is 4.81. The van der Waals surface area contributed by atoms with Gasteiger partial charge in [-0.3, -0.25) is 4.79 Å². The van der Waals surface area contributed by atoms with Crippen molar-refractivity contribution in [2.75, 3.05) is 0 Å². The van der Waals surface area contributed by atoms with Crippen molar-refractivity contribution in [2.45, 2.75) is 6.42 Å². The van der Waals surface area contributed by atoms with E-state index in [1.54, 1.807) is 6.07 Å². The Labute approximate surface area is 184 Å². The Hall–Kier alpha value is -4.27. The molecule has 33 heavy (non-hydrogen) atoms. The second-order valence-electron chi connectivity index (χ2n) is 6.94. The fraction of sp³-hybridized carbons (Fsp3) is 0.0417. The van der Waals surface area contributed by atoms with Gasteiger partial charge in [-0.25, -0.2) is 17.6 Å². The van der Waals surface area contributed by atoms with Gasteiger partial charge in [0.05, 0.1) is 16.6 Å². The maximum absolute atomic E-state index is 15.0. The van der Waals surface area contributed by atoms with Crippen molar-refractivity contribution in [3.63, 3.8) is 0 Å². The SMILES string of the molecule is C=C/C=C(F)\C=C(\F)Cc1cccc2c(-c3c(F)cc(-c4nnco4)cc3F)c(=O)ccn12. The van der Waals surface area contributed by atoms with Crippen LogP contribution in [0.1, 0.15) is 5.69 Å². The number of allylic oxidation sites excluding steroid dienone is 5. The summed E-state index contributed by atoms with van der Waals surface area (Å²) in [6.07, 6.45) is 4.95. The van der Waals surface area contributed by atoms with Gasteiger partial charge in [0.1, 0.15) is 23.3 Å². The highest BCUT2D eigenvalue weighted by Crippen LogP contribution is 2.31. The van der Waals surface area contributed by atoms with Gasteiger partial charge in [0, 0.05) is 36.0 Å². The summed E-state index contributed by atoms with van der Waals surface area (Å²) in [5.74, 6) is -3.72. The van der Waals surface area contributed by atoms with Crippen LogP contribution in [-0.4, -0.2) is 14.6 Å². The molecule has 0 unspecified atom stereocenters. The number of benzene rings is 1. The number of hydrogen-bond acceptors (Lipinski definition) is 4. The van der Waals surface area contributed by atoms with Crippen LogP contribution < -0.4 is 5.43 Å². The van der Waals surface area contributed by atoms with Crippen molar-refractivity contribution in [3.8, 4) is 22.6 Å². The molecular formula is C24H15F4N3O2. The maximum Gasteiger partial charge on any atom is 0.247 e. The number of fused-ring (bicyclic) bond motifs is 1. The summed E-state index contributed by atoms with van der Waals surface area (Å²) < 4.78 is 64.3. The van der Waals surface area contributed by atoms with E-state index >= 15 is 8.78 Å². The lowest BCUT2D eigenvalue weighted by molar-refractivity contribution is 0.561. The van der Waals surface area contributed by atoms with E-state index in [1.807, 2.05) is 0 Å². The molecule has 0 atom stereocenters. The molecule has 3 heterocycles. The van der Waals surface area contributed by atoms with Crippen molar-refractivity contribution < 1.29 is 22.0 Å². The fourth-order valence-corrected chi connectivity index (χ4v) is 3.46. The van der Waals surface area contributed by atoms with E-state index in [0.29, 0.717) is 11.8 Å². The Morgan fingerprint density at radius 1 is 1.12 bits per heavy atom. The minimum Gasteiger partial charge on any atom is -0.423 e. The number of nitrogens with zero attached hydrogens (tertiary/aromatic N) is 3. The molecule has 166 valence electrons. The Morgan fingerprint density at radius 2 is 1.88 bits per heavy atom. The Bertz CT molecular complexity index is 1450. The highest BCUT2D eigenvalue weighted by Gasteiger charge is 2.21. The van der Waals surface area contributed by atoms with Gasteiger partial charge in [-0.2, -0.15) is 0 Å². The van der Waals surface area contributed by atoms with Crippen molar-refractivity contribution in [3.05, 3.63) is 113 Å². The van der Waals surface area contributed by atoms with Crippen LogP contribution in [0.5, 0.6) is 0 Å². The minimum atomic E-state index is -1.01. The molecule has 1 aromatic carbocycles. The Morgan fingerprint density at radius 3 is 2.55 bits per heavy atom. The molecule has 0 bridgehead atoms. The summed E-state index contributed by atoms with van der Waals surface area (Å²) >= 11 is 0. The summed E-state index contributed by atoms with van der Waals surface area (Å²) in [5, 5.41) is 7.09. The van der Waals surface area contributed by atoms with Gasteiger partial charge in [0.15, 0.2) is 5.43 Å². The van der Waals surface area contributed by atoms with Gasteiger partial charge in [-0.1, -0.05) is 18.7 Å². The smallest absolute Gasteiger partial charge is 0.247 e. The van der Waals surface area contributed by atoms with Gasteiger partial charge < -0.3 is 8.82 Å². The summed E-state index contributed by atoms with van der Waals surface area (Å²) in [6.45, 7) is 3.34. The number of hydrogen-bond donors (Lipinski definition) is 0. The van der Waals surface area contributed by atoms with Crippen LogP contribution in [0.25, 0.3) is 28.1 Å². The van der Waals surface area contributed by atoms with Crippen LogP contribution in [0, 0.1) is 11.6 Å². The molecule has 4 aromatic rings. The highest BCUT2D eigenvalue weighted by molar-refractivity contribution is 5.82. The summed E-state index contributed by atoms with van der Waals surface area (Å²) in [4.78, 5) is 12.7. The Kier molecular flexibility index (Phi) is 6.03. The molecule has 0 aliphatic carbocycles. The average molecular weight is 453 g/mol. The molecule has 4 rings (SSSR count). The molecular weight excluding hydrogens is 438 g/mol. The molecule has 0 aliphatic heterocycles. The van der Waals surface area contributed by atoms with E-state index in [0.717, 1.165) is 30.7 Å². The van der Waals surface area contributed by atoms with Crippen LogP contribution in [-0.2, 0) is 6.42 Å². The monoisotopic (exact) mass is 453 g/mol. The lowest BCUT2D eigenvalue weighted by Crippen LogP contribution is -2.11. The first-order valence-electron chi connectivity index (χ1n) is 9.62. The molecule has 3 aromatic heterocycles. The van der Waals surface area contributed by atoms with Crippen molar-refractivity contribution in [1.82, 2.24) is 14.6 Å². The highest BCUT2D eigenvalue weighted by atomic mass is 19.1. The molecule has 5 nitrogen and oxygen atoms in total. The van der Waals surface area contributed by atoms with Crippen molar-refractivity contribution in [2.24, 2.45) is 0 Å². The number of pyridine rings is 2. The van der Waals surface area contributed by atoms with Crippen LogP contribution >= 0.6 is 0 Å². The molecule has 0 aliphatic rings. The van der Waals surface area contributed by atoms with E-state index in [1.165, 1.54) is 28.8 Å². The number of rotatable bonds is 6. The largest absolute Gasteiger partial charge is 0.423 e. The Balaban J connectivity index is 1.86. The lowest BCUT2D eigenvalue weighted by atomic mass is 10.0. The maximum atomic E-state index is 15.0. The van der Waals surface area contributed by atoms with Gasteiger partial charge in [-0.15, -0.1) is 10.2 Å². The first-order valence-corrected chi connectivity index (χ1v) is 9.62. The molecule has 0 radical (unpaired) electrons. The van der Waals surface area contributed by atoms with Gasteiger partial charge in [-0.05, 0) is 30.3 Å². The predicted molar refractivity (Wildman–Crippen MR) is 115 cm³/mol. The number of halogens is 4. The zero-order chi connectivity index (χ0) is 23.5. The third-order valence-corrected chi connectivity index (χ3v) is 4.81. The lowest BCUT2D eigenvalue weighted by Gasteiger charge is -2.13. The van der Waals surface area contributed by atoms with Crippen LogP contribution in [0.2, 0.25) is 0 Å². The topological polar surface area (TPSA) is 60.4 Å². The normalized spacial score (nSPS) is 12.4. The van der Waals surface area contributed by atoms with Gasteiger partial charge >= 0.3 is 0 Å². The summed E-state index contributed by atoms with van der Waals surface area (Å²) in [5.41, 5.74) is -0.931. The van der Waals surface area contributed by atoms with Gasteiger partial charge in [0.25, 0.3) is 0 Å². The predicted octanol–water partition coefficient (Wildman–Crippen LogP) is 5.73. The zero-order valence-corrected chi connectivity index (χ0v) is 16.9. The number of aromatic nitrogens is 3. The van der Waals surface area contributed by atoms with Crippen LogP contribution in [0.3, 0.4) is 0 Å². The third kappa shape index (κ3) is 4.38. The van der Waals surface area contributed by atoms with E-state index < -0.39 is 34.3 Å². The second kappa shape index (κ2) is 9.07. The molecule has 0 amide bonds. The molecule has 0 N–H and O–H groups in total. The summed E-state index contributed by atoms with van der Waals surface area (Å²) in [6, 6.07) is 7.63. The molecule has 0 spiro atoms. The van der Waals surface area contributed by atoms with E-state index in [-0.39, 0.29) is 29.0 Å². The quantitative estimate of drug-likeness (QED) is 0.276. The fourth-order valence-electron chi connectivity index (χ4n) is 3.46. The first kappa shape index (κ1) is 21.9. The van der Waals surface area contributed by atoms with Crippen LogP contribution in [0.15, 0.2) is 94.7 Å².